The zero-order valence-electron chi connectivity index (χ0n) is 20.8. The number of barbiturate groups is 1. The molecule has 1 heterocycles. The molecule has 0 bridgehead atoms. The summed E-state index contributed by atoms with van der Waals surface area (Å²) in [5.41, 5.74) is 1.35. The van der Waals surface area contributed by atoms with Gasteiger partial charge < -0.3 is 14.2 Å². The van der Waals surface area contributed by atoms with Crippen molar-refractivity contribution in [1.29, 1.82) is 0 Å². The van der Waals surface area contributed by atoms with E-state index >= 15 is 0 Å². The Morgan fingerprint density at radius 3 is 2.38 bits per heavy atom. The molecule has 0 atom stereocenters. The predicted octanol–water partition coefficient (Wildman–Crippen LogP) is 4.86. The summed E-state index contributed by atoms with van der Waals surface area (Å²) in [7, 11) is 1.45. The monoisotopic (exact) mass is 644 g/mol. The Labute approximate surface area is 236 Å². The van der Waals surface area contributed by atoms with E-state index in [1.165, 1.54) is 49.6 Å². The molecule has 11 heteroatoms. The van der Waals surface area contributed by atoms with Crippen molar-refractivity contribution < 1.29 is 37.8 Å². The molecule has 0 spiro atoms. The predicted molar refractivity (Wildman–Crippen MR) is 148 cm³/mol. The smallest absolute Gasteiger partial charge is 0.338 e. The summed E-state index contributed by atoms with van der Waals surface area (Å²) in [5, 5.41) is 2.17. The highest BCUT2D eigenvalue weighted by atomic mass is 127. The number of halogens is 2. The van der Waals surface area contributed by atoms with E-state index in [9.17, 15) is 23.6 Å². The number of carbonyl (C=O) groups is 4. The van der Waals surface area contributed by atoms with E-state index in [2.05, 4.69) is 5.32 Å². The highest BCUT2D eigenvalue weighted by molar-refractivity contribution is 14.1. The van der Waals surface area contributed by atoms with E-state index in [1.54, 1.807) is 31.2 Å². The van der Waals surface area contributed by atoms with E-state index in [1.807, 2.05) is 22.6 Å². The third-order valence-corrected chi connectivity index (χ3v) is 6.40. The van der Waals surface area contributed by atoms with E-state index in [0.29, 0.717) is 20.6 Å². The Hall–Kier alpha value is -4.26. The van der Waals surface area contributed by atoms with Crippen molar-refractivity contribution in [2.24, 2.45) is 0 Å². The average molecular weight is 644 g/mol. The lowest BCUT2D eigenvalue weighted by Gasteiger charge is -2.26. The molecule has 9 nitrogen and oxygen atoms in total. The summed E-state index contributed by atoms with van der Waals surface area (Å²) in [6.45, 7) is 2.05. The zero-order chi connectivity index (χ0) is 28.1. The lowest BCUT2D eigenvalue weighted by Crippen LogP contribution is -2.54. The SMILES string of the molecule is CCOC(=O)c1ccc(N2C(=O)NC(=O)/C(=C\c3cc(I)c(OCc4ccc(F)cc4)c(OC)c3)C2=O)cc1. The molecule has 1 saturated heterocycles. The first-order valence-electron chi connectivity index (χ1n) is 11.6. The highest BCUT2D eigenvalue weighted by Crippen LogP contribution is 2.35. The minimum Gasteiger partial charge on any atom is -0.493 e. The summed E-state index contributed by atoms with van der Waals surface area (Å²) in [6.07, 6.45) is 1.35. The second kappa shape index (κ2) is 12.1. The largest absolute Gasteiger partial charge is 0.493 e. The topological polar surface area (TPSA) is 111 Å². The fourth-order valence-corrected chi connectivity index (χ4v) is 4.50. The number of urea groups is 1. The second-order valence-corrected chi connectivity index (χ2v) is 9.34. The number of hydrogen-bond acceptors (Lipinski definition) is 7. The molecule has 3 aromatic carbocycles. The minimum atomic E-state index is -0.914. The van der Waals surface area contributed by atoms with Gasteiger partial charge >= 0.3 is 12.0 Å². The molecular weight excluding hydrogens is 622 g/mol. The van der Waals surface area contributed by atoms with Crippen LogP contribution in [-0.4, -0.2) is 37.5 Å². The molecule has 1 fully saturated rings. The Bertz CT molecular complexity index is 1470. The lowest BCUT2D eigenvalue weighted by molar-refractivity contribution is -0.122. The fraction of sp³-hybridized carbons (Fsp3) is 0.143. The van der Waals surface area contributed by atoms with Crippen molar-refractivity contribution in [2.45, 2.75) is 13.5 Å². The van der Waals surface area contributed by atoms with Crippen LogP contribution in [0.4, 0.5) is 14.9 Å². The summed E-state index contributed by atoms with van der Waals surface area (Å²) in [6, 6.07) is 13.9. The fourth-order valence-electron chi connectivity index (χ4n) is 3.72. The molecule has 39 heavy (non-hydrogen) atoms. The van der Waals surface area contributed by atoms with Gasteiger partial charge in [0, 0.05) is 0 Å². The standard InChI is InChI=1S/C28H22FIN2O7/c1-3-38-27(35)18-6-10-20(11-7-18)32-26(34)21(25(33)31-28(32)36)12-17-13-22(30)24(23(14-17)37-2)39-15-16-4-8-19(29)9-5-16/h4-14H,3,15H2,1-2H3,(H,31,33,36)/b21-12+. The molecule has 0 unspecified atom stereocenters. The molecular formula is C28H22FIN2O7. The molecule has 0 aromatic heterocycles. The quantitative estimate of drug-likeness (QED) is 0.161. The van der Waals surface area contributed by atoms with Gasteiger partial charge in [-0.3, -0.25) is 14.9 Å². The summed E-state index contributed by atoms with van der Waals surface area (Å²) >= 11 is 2.04. The van der Waals surface area contributed by atoms with Crippen LogP contribution in [0, 0.1) is 9.39 Å². The Morgan fingerprint density at radius 2 is 1.74 bits per heavy atom. The van der Waals surface area contributed by atoms with Gasteiger partial charge in [0.2, 0.25) is 0 Å². The van der Waals surface area contributed by atoms with Crippen LogP contribution < -0.4 is 19.7 Å². The van der Waals surface area contributed by atoms with Crippen molar-refractivity contribution >= 4 is 58.2 Å². The van der Waals surface area contributed by atoms with Crippen LogP contribution in [0.1, 0.15) is 28.4 Å². The minimum absolute atomic E-state index is 0.167. The molecule has 1 N–H and O–H groups in total. The van der Waals surface area contributed by atoms with E-state index in [4.69, 9.17) is 14.2 Å². The van der Waals surface area contributed by atoms with Crippen LogP contribution in [0.15, 0.2) is 66.2 Å². The third kappa shape index (κ3) is 6.25. The van der Waals surface area contributed by atoms with Gasteiger partial charge in [-0.1, -0.05) is 12.1 Å². The number of amides is 4. The van der Waals surface area contributed by atoms with E-state index in [0.717, 1.165) is 10.5 Å². The number of rotatable bonds is 8. The van der Waals surface area contributed by atoms with Gasteiger partial charge in [0.05, 0.1) is 28.5 Å². The molecule has 0 saturated carbocycles. The van der Waals surface area contributed by atoms with Crippen molar-refractivity contribution in [3.05, 3.63) is 92.3 Å². The van der Waals surface area contributed by atoms with Crippen LogP contribution in [0.25, 0.3) is 6.08 Å². The summed E-state index contributed by atoms with van der Waals surface area (Å²) < 4.78 is 30.1. The first kappa shape index (κ1) is 27.8. The van der Waals surface area contributed by atoms with Crippen molar-refractivity contribution in [1.82, 2.24) is 5.32 Å². The van der Waals surface area contributed by atoms with Gasteiger partial charge in [-0.2, -0.15) is 0 Å². The van der Waals surface area contributed by atoms with Crippen molar-refractivity contribution in [3.63, 3.8) is 0 Å². The zero-order valence-corrected chi connectivity index (χ0v) is 23.0. The number of hydrogen-bond donors (Lipinski definition) is 1. The molecule has 0 radical (unpaired) electrons. The number of imide groups is 2. The normalized spacial score (nSPS) is 14.3. The van der Waals surface area contributed by atoms with Crippen LogP contribution in [-0.2, 0) is 20.9 Å². The number of nitrogens with one attached hydrogen (secondary N) is 1. The van der Waals surface area contributed by atoms with Crippen molar-refractivity contribution in [3.8, 4) is 11.5 Å². The Kier molecular flexibility index (Phi) is 8.59. The average Bonchev–Trinajstić information content (AvgIpc) is 2.91. The van der Waals surface area contributed by atoms with Crippen LogP contribution in [0.5, 0.6) is 11.5 Å². The van der Waals surface area contributed by atoms with Gasteiger partial charge in [-0.15, -0.1) is 0 Å². The number of methoxy groups -OCH3 is 1. The van der Waals surface area contributed by atoms with Crippen molar-refractivity contribution in [2.75, 3.05) is 18.6 Å². The van der Waals surface area contributed by atoms with E-state index in [-0.39, 0.29) is 35.9 Å². The third-order valence-electron chi connectivity index (χ3n) is 5.60. The molecule has 4 rings (SSSR count). The Balaban J connectivity index is 1.60. The number of esters is 1. The molecule has 3 aromatic rings. The number of carbonyl (C=O) groups excluding carboxylic acids is 4. The molecule has 0 aliphatic carbocycles. The second-order valence-electron chi connectivity index (χ2n) is 8.17. The summed E-state index contributed by atoms with van der Waals surface area (Å²) in [5.74, 6) is -1.79. The molecule has 1 aliphatic rings. The molecule has 1 aliphatic heterocycles. The first-order valence-corrected chi connectivity index (χ1v) is 12.7. The van der Waals surface area contributed by atoms with Gasteiger partial charge in [-0.25, -0.2) is 18.9 Å². The maximum Gasteiger partial charge on any atom is 0.338 e. The van der Waals surface area contributed by atoms with Crippen LogP contribution >= 0.6 is 22.6 Å². The number of nitrogens with zero attached hydrogens (tertiary/aromatic N) is 1. The number of ether oxygens (including phenoxy) is 3. The lowest BCUT2D eigenvalue weighted by atomic mass is 10.1. The van der Waals surface area contributed by atoms with Gasteiger partial charge in [0.25, 0.3) is 11.8 Å². The van der Waals surface area contributed by atoms with Gasteiger partial charge in [-0.05, 0) is 95.2 Å². The number of anilines is 1. The maximum absolute atomic E-state index is 13.3. The first-order chi connectivity index (χ1) is 18.7. The van der Waals surface area contributed by atoms with Crippen LogP contribution in [0.2, 0.25) is 0 Å². The molecule has 200 valence electrons. The van der Waals surface area contributed by atoms with Gasteiger partial charge in [0.1, 0.15) is 18.0 Å². The van der Waals surface area contributed by atoms with Gasteiger partial charge in [0.15, 0.2) is 11.5 Å². The summed E-state index contributed by atoms with van der Waals surface area (Å²) in [4.78, 5) is 51.1. The number of benzene rings is 3. The molecule has 4 amide bonds. The van der Waals surface area contributed by atoms with Crippen LogP contribution in [0.3, 0.4) is 0 Å². The van der Waals surface area contributed by atoms with E-state index < -0.39 is 23.8 Å². The Morgan fingerprint density at radius 1 is 1.05 bits per heavy atom. The highest BCUT2D eigenvalue weighted by Gasteiger charge is 2.37. The maximum atomic E-state index is 13.3.